The van der Waals surface area contributed by atoms with Crippen LogP contribution in [0.4, 0.5) is 8.78 Å². The molecule has 0 aliphatic heterocycles. The number of methoxy groups -OCH3 is 1. The van der Waals surface area contributed by atoms with Crippen LogP contribution in [-0.2, 0) is 0 Å². The summed E-state index contributed by atoms with van der Waals surface area (Å²) in [5.41, 5.74) is 0.532. The van der Waals surface area contributed by atoms with Gasteiger partial charge in [-0.15, -0.1) is 0 Å². The Bertz CT molecular complexity index is 603. The van der Waals surface area contributed by atoms with Gasteiger partial charge in [0.05, 0.1) is 12.7 Å². The van der Waals surface area contributed by atoms with Crippen molar-refractivity contribution in [3.63, 3.8) is 0 Å². The normalized spacial score (nSPS) is 10.4. The Labute approximate surface area is 114 Å². The number of hydrogen-bond donors (Lipinski definition) is 0. The number of pyridine rings is 1. The number of rotatable bonds is 5. The van der Waals surface area contributed by atoms with Crippen molar-refractivity contribution in [3.8, 4) is 11.5 Å². The van der Waals surface area contributed by atoms with E-state index < -0.39 is 6.61 Å². The van der Waals surface area contributed by atoms with Gasteiger partial charge in [-0.2, -0.15) is 8.78 Å². The van der Waals surface area contributed by atoms with E-state index >= 15 is 0 Å². The van der Waals surface area contributed by atoms with Gasteiger partial charge in [-0.3, -0.25) is 9.78 Å². The van der Waals surface area contributed by atoms with Gasteiger partial charge in [0.15, 0.2) is 5.78 Å². The van der Waals surface area contributed by atoms with Crippen molar-refractivity contribution in [2.75, 3.05) is 7.11 Å². The lowest BCUT2D eigenvalue weighted by Gasteiger charge is -2.10. The number of carbonyl (C=O) groups is 1. The number of benzene rings is 1. The molecule has 0 N–H and O–H groups in total. The van der Waals surface area contributed by atoms with Gasteiger partial charge in [0.25, 0.3) is 0 Å². The highest BCUT2D eigenvalue weighted by atomic mass is 19.3. The van der Waals surface area contributed by atoms with Crippen molar-refractivity contribution in [1.82, 2.24) is 4.98 Å². The Morgan fingerprint density at radius 1 is 1.20 bits per heavy atom. The summed E-state index contributed by atoms with van der Waals surface area (Å²) in [6, 6.07) is 7.01. The van der Waals surface area contributed by atoms with E-state index in [1.165, 1.54) is 49.8 Å². The van der Waals surface area contributed by atoms with Crippen LogP contribution >= 0.6 is 0 Å². The number of aromatic nitrogens is 1. The van der Waals surface area contributed by atoms with Crippen molar-refractivity contribution in [2.24, 2.45) is 0 Å². The molecule has 0 amide bonds. The maximum Gasteiger partial charge on any atom is 0.387 e. The number of ketones is 1. The predicted octanol–water partition coefficient (Wildman–Crippen LogP) is 2.92. The predicted molar refractivity (Wildman–Crippen MR) is 67.3 cm³/mol. The Kier molecular flexibility index (Phi) is 4.24. The molecule has 0 atom stereocenters. The van der Waals surface area contributed by atoms with Crippen molar-refractivity contribution in [2.45, 2.75) is 6.61 Å². The fraction of sp³-hybridized carbons (Fsp3) is 0.143. The third-order valence-corrected chi connectivity index (χ3v) is 2.58. The molecule has 0 saturated heterocycles. The van der Waals surface area contributed by atoms with Crippen LogP contribution in [0.25, 0.3) is 0 Å². The Morgan fingerprint density at radius 2 is 1.90 bits per heavy atom. The molecule has 20 heavy (non-hydrogen) atoms. The maximum absolute atomic E-state index is 12.3. The first-order valence-electron chi connectivity index (χ1n) is 5.69. The number of hydrogen-bond acceptors (Lipinski definition) is 4. The molecule has 104 valence electrons. The summed E-state index contributed by atoms with van der Waals surface area (Å²) in [5, 5.41) is 0. The summed E-state index contributed by atoms with van der Waals surface area (Å²) in [6.45, 7) is -2.95. The molecule has 1 aromatic heterocycles. The van der Waals surface area contributed by atoms with Gasteiger partial charge in [0, 0.05) is 18.0 Å². The molecule has 0 radical (unpaired) electrons. The molecular weight excluding hydrogens is 268 g/mol. The first-order valence-corrected chi connectivity index (χ1v) is 5.69. The van der Waals surface area contributed by atoms with E-state index in [1.807, 2.05) is 0 Å². The molecule has 2 rings (SSSR count). The van der Waals surface area contributed by atoms with Crippen molar-refractivity contribution < 1.29 is 23.0 Å². The fourth-order valence-corrected chi connectivity index (χ4v) is 1.70. The summed E-state index contributed by atoms with van der Waals surface area (Å²) < 4.78 is 33.8. The van der Waals surface area contributed by atoms with Crippen LogP contribution < -0.4 is 9.47 Å². The summed E-state index contributed by atoms with van der Waals surface area (Å²) >= 11 is 0. The Hall–Kier alpha value is -2.50. The van der Waals surface area contributed by atoms with Crippen LogP contribution in [0.15, 0.2) is 42.7 Å². The standard InChI is InChI=1S/C14H11F2NO3/c1-19-12-3-2-10(20-14(15)16)8-11(12)13(18)9-4-6-17-7-5-9/h2-8,14H,1H3. The first kappa shape index (κ1) is 13.9. The molecule has 0 unspecified atom stereocenters. The minimum atomic E-state index is -2.95. The van der Waals surface area contributed by atoms with Gasteiger partial charge in [0.1, 0.15) is 11.5 Å². The van der Waals surface area contributed by atoms with Gasteiger partial charge < -0.3 is 9.47 Å². The molecule has 0 spiro atoms. The molecule has 0 bridgehead atoms. The topological polar surface area (TPSA) is 48.4 Å². The summed E-state index contributed by atoms with van der Waals surface area (Å²) in [5.74, 6) is -0.171. The van der Waals surface area contributed by atoms with Gasteiger partial charge in [-0.1, -0.05) is 0 Å². The number of carbonyl (C=O) groups excluding carboxylic acids is 1. The summed E-state index contributed by atoms with van der Waals surface area (Å²) in [6.07, 6.45) is 2.94. The molecular formula is C14H11F2NO3. The fourth-order valence-electron chi connectivity index (χ4n) is 1.70. The number of halogens is 2. The average molecular weight is 279 g/mol. The van der Waals surface area contributed by atoms with Crippen LogP contribution in [0.5, 0.6) is 11.5 Å². The highest BCUT2D eigenvalue weighted by molar-refractivity contribution is 6.10. The molecule has 0 aliphatic carbocycles. The highest BCUT2D eigenvalue weighted by Crippen LogP contribution is 2.27. The second-order valence-corrected chi connectivity index (χ2v) is 3.81. The van der Waals surface area contributed by atoms with E-state index in [-0.39, 0.29) is 22.8 Å². The van der Waals surface area contributed by atoms with Crippen molar-refractivity contribution >= 4 is 5.78 Å². The zero-order valence-electron chi connectivity index (χ0n) is 10.5. The first-order chi connectivity index (χ1) is 9.61. The van der Waals surface area contributed by atoms with E-state index in [4.69, 9.17) is 4.74 Å². The van der Waals surface area contributed by atoms with E-state index in [1.54, 1.807) is 0 Å². The van der Waals surface area contributed by atoms with Gasteiger partial charge in [0.2, 0.25) is 0 Å². The van der Waals surface area contributed by atoms with Crippen molar-refractivity contribution in [1.29, 1.82) is 0 Å². The van der Waals surface area contributed by atoms with Crippen LogP contribution in [-0.4, -0.2) is 24.5 Å². The second-order valence-electron chi connectivity index (χ2n) is 3.81. The summed E-state index contributed by atoms with van der Waals surface area (Å²) in [4.78, 5) is 16.1. The molecule has 2 aromatic rings. The molecule has 0 fully saturated rings. The molecule has 1 aromatic carbocycles. The van der Waals surface area contributed by atoms with Gasteiger partial charge >= 0.3 is 6.61 Å². The Morgan fingerprint density at radius 3 is 2.50 bits per heavy atom. The van der Waals surface area contributed by atoms with Crippen LogP contribution in [0, 0.1) is 0 Å². The third kappa shape index (κ3) is 3.09. The zero-order valence-corrected chi connectivity index (χ0v) is 10.5. The highest BCUT2D eigenvalue weighted by Gasteiger charge is 2.16. The SMILES string of the molecule is COc1ccc(OC(F)F)cc1C(=O)c1ccncc1. The van der Waals surface area contributed by atoms with Crippen LogP contribution in [0.1, 0.15) is 15.9 Å². The molecule has 6 heteroatoms. The van der Waals surface area contributed by atoms with Gasteiger partial charge in [-0.05, 0) is 30.3 Å². The van der Waals surface area contributed by atoms with E-state index in [2.05, 4.69) is 9.72 Å². The second kappa shape index (κ2) is 6.10. The minimum Gasteiger partial charge on any atom is -0.496 e. The largest absolute Gasteiger partial charge is 0.496 e. The van der Waals surface area contributed by atoms with E-state index in [0.717, 1.165) is 0 Å². The summed E-state index contributed by atoms with van der Waals surface area (Å²) in [7, 11) is 1.40. The average Bonchev–Trinajstić information content (AvgIpc) is 2.46. The van der Waals surface area contributed by atoms with Crippen LogP contribution in [0.3, 0.4) is 0 Å². The smallest absolute Gasteiger partial charge is 0.387 e. The van der Waals surface area contributed by atoms with E-state index in [9.17, 15) is 13.6 Å². The molecule has 0 aliphatic rings. The Balaban J connectivity index is 2.40. The van der Waals surface area contributed by atoms with Crippen molar-refractivity contribution in [3.05, 3.63) is 53.9 Å². The monoisotopic (exact) mass is 279 g/mol. The lowest BCUT2D eigenvalue weighted by Crippen LogP contribution is -2.07. The zero-order chi connectivity index (χ0) is 14.5. The molecule has 4 nitrogen and oxygen atoms in total. The minimum absolute atomic E-state index is 0.0989. The number of nitrogens with zero attached hydrogens (tertiary/aromatic N) is 1. The quantitative estimate of drug-likeness (QED) is 0.790. The molecule has 0 saturated carbocycles. The number of ether oxygens (including phenoxy) is 2. The number of alkyl halides is 2. The molecule has 1 heterocycles. The van der Waals surface area contributed by atoms with Gasteiger partial charge in [-0.25, -0.2) is 0 Å². The van der Waals surface area contributed by atoms with E-state index in [0.29, 0.717) is 5.56 Å². The lowest BCUT2D eigenvalue weighted by atomic mass is 10.0. The van der Waals surface area contributed by atoms with Crippen LogP contribution in [0.2, 0.25) is 0 Å². The lowest BCUT2D eigenvalue weighted by molar-refractivity contribution is -0.0499. The third-order valence-electron chi connectivity index (χ3n) is 2.58. The maximum atomic E-state index is 12.3.